The molecule has 1 unspecified atom stereocenters. The molecule has 1 atom stereocenters. The van der Waals surface area contributed by atoms with Crippen LogP contribution in [0, 0.1) is 6.92 Å². The van der Waals surface area contributed by atoms with Gasteiger partial charge < -0.3 is 15.2 Å². The second-order valence-corrected chi connectivity index (χ2v) is 7.29. The third-order valence-corrected chi connectivity index (χ3v) is 5.65. The molecule has 0 spiro atoms. The largest absolute Gasteiger partial charge is 0.358 e. The van der Waals surface area contributed by atoms with Gasteiger partial charge in [-0.15, -0.1) is 0 Å². The molecular formula is C20H24N4O3. The van der Waals surface area contributed by atoms with Crippen LogP contribution in [0.25, 0.3) is 10.9 Å². The van der Waals surface area contributed by atoms with Gasteiger partial charge in [0.25, 0.3) is 0 Å². The summed E-state index contributed by atoms with van der Waals surface area (Å²) in [6, 6.07) is 7.17. The van der Waals surface area contributed by atoms with Crippen molar-refractivity contribution in [3.05, 3.63) is 45.7 Å². The van der Waals surface area contributed by atoms with E-state index in [1.54, 1.807) is 11.0 Å². The molecule has 2 saturated heterocycles. The quantitative estimate of drug-likeness (QED) is 0.822. The number of aromatic amines is 1. The van der Waals surface area contributed by atoms with Gasteiger partial charge in [-0.1, -0.05) is 12.1 Å². The van der Waals surface area contributed by atoms with Gasteiger partial charge in [0.05, 0.1) is 0 Å². The number of nitrogens with zero attached hydrogens (tertiary/aromatic N) is 2. The SMILES string of the molecule is Cc1[nH]c2ccccc2c(=O)c1CCC(=O)N1CCN2CCNC(=O)C2C1. The summed E-state index contributed by atoms with van der Waals surface area (Å²) in [5.74, 6) is 0.000509. The molecule has 2 aliphatic heterocycles. The Morgan fingerprint density at radius 3 is 2.85 bits per heavy atom. The van der Waals surface area contributed by atoms with Crippen molar-refractivity contribution >= 4 is 22.7 Å². The number of fused-ring (bicyclic) bond motifs is 2. The molecule has 1 aromatic heterocycles. The van der Waals surface area contributed by atoms with Gasteiger partial charge in [-0.2, -0.15) is 0 Å². The first-order chi connectivity index (χ1) is 13.0. The summed E-state index contributed by atoms with van der Waals surface area (Å²) >= 11 is 0. The third kappa shape index (κ3) is 3.35. The number of aromatic nitrogens is 1. The molecule has 3 heterocycles. The lowest BCUT2D eigenvalue weighted by Crippen LogP contribution is -2.64. The van der Waals surface area contributed by atoms with Crippen molar-refractivity contribution in [2.45, 2.75) is 25.8 Å². The Morgan fingerprint density at radius 1 is 1.19 bits per heavy atom. The number of rotatable bonds is 3. The second kappa shape index (κ2) is 7.15. The van der Waals surface area contributed by atoms with Gasteiger partial charge >= 0.3 is 0 Å². The number of hydrogen-bond acceptors (Lipinski definition) is 4. The number of hydrogen-bond donors (Lipinski definition) is 2. The van der Waals surface area contributed by atoms with E-state index in [-0.39, 0.29) is 29.7 Å². The molecule has 0 radical (unpaired) electrons. The van der Waals surface area contributed by atoms with E-state index in [9.17, 15) is 14.4 Å². The Morgan fingerprint density at radius 2 is 2.00 bits per heavy atom. The third-order valence-electron chi connectivity index (χ3n) is 5.65. The van der Waals surface area contributed by atoms with Crippen molar-refractivity contribution in [2.24, 2.45) is 0 Å². The standard InChI is InChI=1S/C20H24N4O3/c1-13-14(19(26)15-4-2-3-5-16(15)22-13)6-7-18(25)24-11-10-23-9-8-21-20(27)17(23)12-24/h2-5,17H,6-12H2,1H3,(H,21,27)(H,22,26). The van der Waals surface area contributed by atoms with Crippen LogP contribution in [0.3, 0.4) is 0 Å². The van der Waals surface area contributed by atoms with Crippen LogP contribution in [-0.4, -0.2) is 65.4 Å². The van der Waals surface area contributed by atoms with Crippen molar-refractivity contribution in [3.8, 4) is 0 Å². The average molecular weight is 368 g/mol. The van der Waals surface area contributed by atoms with Crippen molar-refractivity contribution < 1.29 is 9.59 Å². The number of nitrogens with one attached hydrogen (secondary N) is 2. The fourth-order valence-corrected chi connectivity index (χ4v) is 4.10. The number of pyridine rings is 1. The molecule has 0 saturated carbocycles. The van der Waals surface area contributed by atoms with Crippen LogP contribution in [0.5, 0.6) is 0 Å². The Bertz CT molecular complexity index is 952. The summed E-state index contributed by atoms with van der Waals surface area (Å²) in [5.41, 5.74) is 2.28. The predicted molar refractivity (Wildman–Crippen MR) is 103 cm³/mol. The van der Waals surface area contributed by atoms with Gasteiger partial charge in [0.1, 0.15) is 6.04 Å². The minimum atomic E-state index is -0.248. The van der Waals surface area contributed by atoms with Crippen molar-refractivity contribution in [2.75, 3.05) is 32.7 Å². The maximum Gasteiger partial charge on any atom is 0.239 e. The summed E-state index contributed by atoms with van der Waals surface area (Å²) in [7, 11) is 0. The lowest BCUT2D eigenvalue weighted by molar-refractivity contribution is -0.139. The van der Waals surface area contributed by atoms with Gasteiger partial charge in [0.15, 0.2) is 5.43 Å². The zero-order valence-electron chi connectivity index (χ0n) is 15.5. The number of H-pyrrole nitrogens is 1. The molecule has 142 valence electrons. The van der Waals surface area contributed by atoms with Crippen molar-refractivity contribution in [1.29, 1.82) is 0 Å². The maximum absolute atomic E-state index is 12.8. The molecule has 2 aliphatic rings. The molecule has 2 amide bonds. The van der Waals surface area contributed by atoms with Gasteiger partial charge in [0.2, 0.25) is 11.8 Å². The van der Waals surface area contributed by atoms with Gasteiger partial charge in [-0.05, 0) is 25.5 Å². The van der Waals surface area contributed by atoms with Crippen molar-refractivity contribution in [3.63, 3.8) is 0 Å². The maximum atomic E-state index is 12.8. The van der Waals surface area contributed by atoms with Crippen LogP contribution in [-0.2, 0) is 16.0 Å². The summed E-state index contributed by atoms with van der Waals surface area (Å²) in [5, 5.41) is 3.52. The second-order valence-electron chi connectivity index (χ2n) is 7.29. The minimum absolute atomic E-state index is 0.0000166. The van der Waals surface area contributed by atoms with E-state index in [1.807, 2.05) is 25.1 Å². The highest BCUT2D eigenvalue weighted by atomic mass is 16.2. The topological polar surface area (TPSA) is 85.5 Å². The Kier molecular flexibility index (Phi) is 4.70. The molecule has 2 fully saturated rings. The monoisotopic (exact) mass is 368 g/mol. The van der Waals surface area contributed by atoms with Gasteiger partial charge in [-0.3, -0.25) is 19.3 Å². The highest BCUT2D eigenvalue weighted by molar-refractivity contribution is 5.84. The molecule has 2 N–H and O–H groups in total. The summed E-state index contributed by atoms with van der Waals surface area (Å²) in [6.07, 6.45) is 0.679. The summed E-state index contributed by atoms with van der Waals surface area (Å²) in [6.45, 7) is 5.17. The lowest BCUT2D eigenvalue weighted by Gasteiger charge is -2.43. The predicted octanol–water partition coefficient (Wildman–Crippen LogP) is 0.412. The first kappa shape index (κ1) is 17.7. The van der Waals surface area contributed by atoms with E-state index in [0.717, 1.165) is 24.3 Å². The molecule has 0 aliphatic carbocycles. The Balaban J connectivity index is 1.46. The number of benzene rings is 1. The van der Waals surface area contributed by atoms with Gasteiger partial charge in [0, 0.05) is 61.3 Å². The van der Waals surface area contributed by atoms with Crippen LogP contribution in [0.15, 0.2) is 29.1 Å². The number of carbonyl (C=O) groups is 2. The number of amides is 2. The van der Waals surface area contributed by atoms with Gasteiger partial charge in [-0.25, -0.2) is 0 Å². The first-order valence-electron chi connectivity index (χ1n) is 9.44. The van der Waals surface area contributed by atoms with Crippen molar-refractivity contribution in [1.82, 2.24) is 20.1 Å². The van der Waals surface area contributed by atoms with E-state index in [4.69, 9.17) is 0 Å². The van der Waals surface area contributed by atoms with Crippen LogP contribution in [0.1, 0.15) is 17.7 Å². The minimum Gasteiger partial charge on any atom is -0.358 e. The zero-order valence-corrected chi connectivity index (χ0v) is 15.5. The van der Waals surface area contributed by atoms with E-state index in [0.29, 0.717) is 37.0 Å². The fourth-order valence-electron chi connectivity index (χ4n) is 4.10. The average Bonchev–Trinajstić information content (AvgIpc) is 2.68. The molecule has 0 bridgehead atoms. The molecule has 7 nitrogen and oxygen atoms in total. The van der Waals surface area contributed by atoms with Crippen LogP contribution >= 0.6 is 0 Å². The number of para-hydroxylation sites is 1. The number of piperazine rings is 2. The number of aryl methyl sites for hydroxylation is 1. The summed E-state index contributed by atoms with van der Waals surface area (Å²) in [4.78, 5) is 44.7. The molecular weight excluding hydrogens is 344 g/mol. The highest BCUT2D eigenvalue weighted by Gasteiger charge is 2.36. The highest BCUT2D eigenvalue weighted by Crippen LogP contribution is 2.16. The van der Waals surface area contributed by atoms with Crippen LogP contribution in [0.4, 0.5) is 0 Å². The molecule has 27 heavy (non-hydrogen) atoms. The Labute approximate surface area is 157 Å². The molecule has 7 heteroatoms. The molecule has 1 aromatic carbocycles. The van der Waals surface area contributed by atoms with E-state index >= 15 is 0 Å². The summed E-state index contributed by atoms with van der Waals surface area (Å²) < 4.78 is 0. The first-order valence-corrected chi connectivity index (χ1v) is 9.44. The molecule has 4 rings (SSSR count). The zero-order chi connectivity index (χ0) is 19.0. The number of carbonyl (C=O) groups excluding carboxylic acids is 2. The molecule has 2 aromatic rings. The van der Waals surface area contributed by atoms with Crippen LogP contribution < -0.4 is 10.7 Å². The fraction of sp³-hybridized carbons (Fsp3) is 0.450. The van der Waals surface area contributed by atoms with Crippen LogP contribution in [0.2, 0.25) is 0 Å². The normalized spacial score (nSPS) is 20.4. The van der Waals surface area contributed by atoms with E-state index in [1.165, 1.54) is 0 Å². The smallest absolute Gasteiger partial charge is 0.239 e. The lowest BCUT2D eigenvalue weighted by atomic mass is 10.0. The van der Waals surface area contributed by atoms with E-state index in [2.05, 4.69) is 15.2 Å². The Hall–Kier alpha value is -2.67. The van der Waals surface area contributed by atoms with E-state index < -0.39 is 0 Å².